The molecule has 0 aromatic carbocycles. The van der Waals surface area contributed by atoms with E-state index >= 15 is 0 Å². The van der Waals surface area contributed by atoms with Gasteiger partial charge in [0.25, 0.3) is 0 Å². The number of carbonyl (C=O) groups excluding carboxylic acids is 1. The van der Waals surface area contributed by atoms with Crippen LogP contribution in [0.5, 0.6) is 0 Å². The molecule has 0 amide bonds. The maximum Gasteiger partial charge on any atom is 0.197 e. The molecular formula is C27H38O3. The Balaban J connectivity index is 1.50. The molecule has 0 spiro atoms. The molecule has 0 aromatic heterocycles. The number of hydrogen-bond acceptors (Lipinski definition) is 3. The van der Waals surface area contributed by atoms with Crippen LogP contribution in [0.3, 0.4) is 0 Å². The van der Waals surface area contributed by atoms with Gasteiger partial charge in [-0.3, -0.25) is 4.79 Å². The zero-order valence-electron chi connectivity index (χ0n) is 18.8. The quantitative estimate of drug-likeness (QED) is 0.567. The van der Waals surface area contributed by atoms with Crippen molar-refractivity contribution >= 4 is 5.78 Å². The number of fused-ring (bicyclic) bond motifs is 1. The highest BCUT2D eigenvalue weighted by atomic mass is 16.3. The van der Waals surface area contributed by atoms with Crippen molar-refractivity contribution in [1.29, 1.82) is 0 Å². The highest BCUT2D eigenvalue weighted by molar-refractivity contribution is 5.96. The Morgan fingerprint density at radius 1 is 1.13 bits per heavy atom. The maximum atomic E-state index is 11.7. The van der Waals surface area contributed by atoms with Crippen LogP contribution in [0.25, 0.3) is 0 Å². The molecule has 0 aromatic rings. The van der Waals surface area contributed by atoms with E-state index in [0.29, 0.717) is 29.6 Å². The standard InChI is InChI=1S/C27H38O3/c1-17(16-21-11-14-25(29)26(21)30)22-12-13-23-20(7-5-15-27(22,23)3)10-9-19-6-4-8-24(28)18(19)2/h9-10,17,22-24,28,30H,2,4-8,11-16H2,1,3H3/b19-9-,20-10+. The van der Waals surface area contributed by atoms with E-state index in [2.05, 4.69) is 32.6 Å². The summed E-state index contributed by atoms with van der Waals surface area (Å²) >= 11 is 0. The normalized spacial score (nSPS) is 38.6. The zero-order chi connectivity index (χ0) is 21.5. The van der Waals surface area contributed by atoms with Crippen molar-refractivity contribution in [2.45, 2.75) is 90.6 Å². The van der Waals surface area contributed by atoms with Crippen molar-refractivity contribution < 1.29 is 15.0 Å². The Morgan fingerprint density at radius 3 is 2.67 bits per heavy atom. The average molecular weight is 411 g/mol. The van der Waals surface area contributed by atoms with Gasteiger partial charge in [0.05, 0.1) is 6.10 Å². The van der Waals surface area contributed by atoms with Crippen LogP contribution in [0.4, 0.5) is 0 Å². The first kappa shape index (κ1) is 21.6. The van der Waals surface area contributed by atoms with Gasteiger partial charge in [0.15, 0.2) is 11.5 Å². The molecule has 0 bridgehead atoms. The van der Waals surface area contributed by atoms with Crippen LogP contribution in [0.15, 0.2) is 46.8 Å². The highest BCUT2D eigenvalue weighted by Crippen LogP contribution is 2.60. The van der Waals surface area contributed by atoms with Crippen LogP contribution in [0, 0.1) is 23.2 Å². The molecule has 30 heavy (non-hydrogen) atoms. The van der Waals surface area contributed by atoms with Gasteiger partial charge in [-0.2, -0.15) is 0 Å². The van der Waals surface area contributed by atoms with E-state index in [0.717, 1.165) is 43.3 Å². The lowest BCUT2D eigenvalue weighted by Gasteiger charge is -2.44. The van der Waals surface area contributed by atoms with Gasteiger partial charge < -0.3 is 10.2 Å². The van der Waals surface area contributed by atoms with Gasteiger partial charge in [-0.05, 0) is 104 Å². The van der Waals surface area contributed by atoms with E-state index in [1.165, 1.54) is 37.7 Å². The van der Waals surface area contributed by atoms with Crippen LogP contribution in [-0.4, -0.2) is 22.1 Å². The van der Waals surface area contributed by atoms with Gasteiger partial charge in [-0.15, -0.1) is 0 Å². The number of carbonyl (C=O) groups is 1. The first-order valence-electron chi connectivity index (χ1n) is 12.0. The van der Waals surface area contributed by atoms with Gasteiger partial charge in [-0.1, -0.05) is 38.2 Å². The van der Waals surface area contributed by atoms with E-state index in [-0.39, 0.29) is 17.6 Å². The van der Waals surface area contributed by atoms with Gasteiger partial charge in [0, 0.05) is 6.42 Å². The van der Waals surface area contributed by atoms with Crippen molar-refractivity contribution in [1.82, 2.24) is 0 Å². The summed E-state index contributed by atoms with van der Waals surface area (Å²) in [6, 6.07) is 0. The number of hydrogen-bond donors (Lipinski definition) is 2. The first-order valence-corrected chi connectivity index (χ1v) is 12.0. The molecular weight excluding hydrogens is 372 g/mol. The van der Waals surface area contributed by atoms with Crippen LogP contribution < -0.4 is 0 Å². The molecule has 5 atom stereocenters. The number of aliphatic hydroxyl groups is 2. The molecule has 5 unspecified atom stereocenters. The zero-order valence-corrected chi connectivity index (χ0v) is 18.8. The molecule has 3 heteroatoms. The number of rotatable bonds is 4. The maximum absolute atomic E-state index is 11.7. The van der Waals surface area contributed by atoms with Crippen molar-refractivity contribution in [3.8, 4) is 0 Å². The van der Waals surface area contributed by atoms with Gasteiger partial charge in [-0.25, -0.2) is 0 Å². The third kappa shape index (κ3) is 3.86. The van der Waals surface area contributed by atoms with E-state index < -0.39 is 0 Å². The van der Waals surface area contributed by atoms with E-state index in [1.807, 2.05) is 0 Å². The molecule has 4 aliphatic rings. The Bertz CT molecular complexity index is 814. The minimum absolute atomic E-state index is 0.0623. The summed E-state index contributed by atoms with van der Waals surface area (Å²) in [5.74, 6) is 1.76. The van der Waals surface area contributed by atoms with Crippen LogP contribution in [-0.2, 0) is 4.79 Å². The second kappa shape index (κ2) is 8.49. The van der Waals surface area contributed by atoms with Crippen molar-refractivity contribution in [2.75, 3.05) is 0 Å². The summed E-state index contributed by atoms with van der Waals surface area (Å²) in [6.45, 7) is 8.94. The SMILES string of the molecule is C=C1/C(=C\C=C2/CCCC3(C)C2CCC3C(C)CC2=C(O)C(=O)CC2)CCCC1O. The monoisotopic (exact) mass is 410 g/mol. The smallest absolute Gasteiger partial charge is 0.197 e. The number of allylic oxidation sites excluding steroid dienone is 5. The summed E-state index contributed by atoms with van der Waals surface area (Å²) in [6.07, 6.45) is 15.4. The molecule has 0 heterocycles. The molecule has 0 aliphatic heterocycles. The van der Waals surface area contributed by atoms with Crippen molar-refractivity contribution in [2.24, 2.45) is 23.2 Å². The molecule has 4 aliphatic carbocycles. The van der Waals surface area contributed by atoms with Gasteiger partial charge >= 0.3 is 0 Å². The van der Waals surface area contributed by atoms with E-state index in [1.54, 1.807) is 5.57 Å². The minimum atomic E-state index is -0.370. The molecule has 3 nitrogen and oxygen atoms in total. The number of Topliss-reactive ketones (excluding diaryl/α,β-unsaturated/α-hetero) is 1. The Hall–Kier alpha value is -1.61. The fourth-order valence-corrected chi connectivity index (χ4v) is 7.07. The molecule has 164 valence electrons. The summed E-state index contributed by atoms with van der Waals surface area (Å²) in [5.41, 5.74) is 5.02. The lowest BCUT2D eigenvalue weighted by molar-refractivity contribution is -0.117. The predicted molar refractivity (Wildman–Crippen MR) is 121 cm³/mol. The second-order valence-corrected chi connectivity index (χ2v) is 10.5. The Kier molecular flexibility index (Phi) is 6.12. The molecule has 0 saturated heterocycles. The average Bonchev–Trinajstić information content (AvgIpc) is 3.23. The molecule has 3 fully saturated rings. The summed E-state index contributed by atoms with van der Waals surface area (Å²) in [5, 5.41) is 20.2. The van der Waals surface area contributed by atoms with E-state index in [4.69, 9.17) is 0 Å². The Labute approximate surface area is 181 Å². The first-order chi connectivity index (χ1) is 14.3. The lowest BCUT2D eigenvalue weighted by atomic mass is 9.60. The predicted octanol–water partition coefficient (Wildman–Crippen LogP) is 6.36. The largest absolute Gasteiger partial charge is 0.504 e. The van der Waals surface area contributed by atoms with Gasteiger partial charge in [0.1, 0.15) is 0 Å². The van der Waals surface area contributed by atoms with Crippen molar-refractivity contribution in [3.05, 3.63) is 46.8 Å². The topological polar surface area (TPSA) is 57.5 Å². The van der Waals surface area contributed by atoms with E-state index in [9.17, 15) is 15.0 Å². The summed E-state index contributed by atoms with van der Waals surface area (Å²) < 4.78 is 0. The summed E-state index contributed by atoms with van der Waals surface area (Å²) in [7, 11) is 0. The van der Waals surface area contributed by atoms with Crippen molar-refractivity contribution in [3.63, 3.8) is 0 Å². The molecule has 0 radical (unpaired) electrons. The third-order valence-corrected chi connectivity index (χ3v) is 8.78. The lowest BCUT2D eigenvalue weighted by Crippen LogP contribution is -2.36. The van der Waals surface area contributed by atoms with Gasteiger partial charge in [0.2, 0.25) is 0 Å². The van der Waals surface area contributed by atoms with Crippen LogP contribution >= 0.6 is 0 Å². The molecule has 3 saturated carbocycles. The third-order valence-electron chi connectivity index (χ3n) is 8.78. The fraction of sp³-hybridized carbons (Fsp3) is 0.667. The summed E-state index contributed by atoms with van der Waals surface area (Å²) in [4.78, 5) is 11.7. The van der Waals surface area contributed by atoms with Crippen LogP contribution in [0.1, 0.15) is 84.5 Å². The molecule has 2 N–H and O–H groups in total. The number of aliphatic hydroxyl groups excluding tert-OH is 2. The Morgan fingerprint density at radius 2 is 1.93 bits per heavy atom. The second-order valence-electron chi connectivity index (χ2n) is 10.5. The minimum Gasteiger partial charge on any atom is -0.504 e. The highest BCUT2D eigenvalue weighted by Gasteiger charge is 2.50. The fourth-order valence-electron chi connectivity index (χ4n) is 7.07. The van der Waals surface area contributed by atoms with Crippen LogP contribution in [0.2, 0.25) is 0 Å². The molecule has 4 rings (SSSR count). The number of ketones is 1.